The van der Waals surface area contributed by atoms with Crippen LogP contribution in [-0.2, 0) is 11.4 Å². The summed E-state index contributed by atoms with van der Waals surface area (Å²) in [6, 6.07) is 33.0. The molecule has 9 heteroatoms. The molecule has 1 aromatic heterocycles. The van der Waals surface area contributed by atoms with E-state index < -0.39 is 0 Å². The molecule has 5 aromatic rings. The molecule has 0 saturated carbocycles. The van der Waals surface area contributed by atoms with Gasteiger partial charge in [0, 0.05) is 16.3 Å². The topological polar surface area (TPSA) is 81.4 Å². The lowest BCUT2D eigenvalue weighted by Gasteiger charge is -2.10. The number of aryl methyl sites for hydroxylation is 1. The molecule has 0 aliphatic heterocycles. The summed E-state index contributed by atoms with van der Waals surface area (Å²) in [5.41, 5.74) is 7.40. The van der Waals surface area contributed by atoms with Gasteiger partial charge >= 0.3 is 0 Å². The smallest absolute Gasteiger partial charge is 0.250 e. The Kier molecular flexibility index (Phi) is 8.90. The Morgan fingerprint density at radius 1 is 0.975 bits per heavy atom. The van der Waals surface area contributed by atoms with Gasteiger partial charge in [-0.1, -0.05) is 95.7 Å². The molecular weight excluding hydrogens is 542 g/mol. The number of carbonyl (C=O) groups is 1. The maximum absolute atomic E-state index is 12.6. The van der Waals surface area contributed by atoms with Crippen LogP contribution in [0.15, 0.2) is 113 Å². The number of nitrogens with zero attached hydrogens (tertiary/aromatic N) is 4. The molecule has 200 valence electrons. The summed E-state index contributed by atoms with van der Waals surface area (Å²) in [4.78, 5) is 12.6. The van der Waals surface area contributed by atoms with Crippen LogP contribution in [0.25, 0.3) is 17.1 Å². The Bertz CT molecular complexity index is 1600. The minimum atomic E-state index is -0.264. The van der Waals surface area contributed by atoms with Gasteiger partial charge in [0.15, 0.2) is 11.0 Å². The third-order valence-electron chi connectivity index (χ3n) is 5.87. The highest BCUT2D eigenvalue weighted by Gasteiger charge is 2.17. The fourth-order valence-corrected chi connectivity index (χ4v) is 4.71. The molecule has 5 rings (SSSR count). The second kappa shape index (κ2) is 13.1. The minimum absolute atomic E-state index is 0.108. The number of carbonyl (C=O) groups excluding carboxylic acids is 1. The molecule has 7 nitrogen and oxygen atoms in total. The number of thioether (sulfide) groups is 1. The van der Waals surface area contributed by atoms with Crippen molar-refractivity contribution < 1.29 is 9.53 Å². The monoisotopic (exact) mass is 567 g/mol. The number of halogens is 1. The fourth-order valence-electron chi connectivity index (χ4n) is 3.84. The average Bonchev–Trinajstić information content (AvgIpc) is 3.40. The quantitative estimate of drug-likeness (QED) is 0.115. The zero-order valence-corrected chi connectivity index (χ0v) is 23.3. The number of rotatable bonds is 10. The Balaban J connectivity index is 1.22. The van der Waals surface area contributed by atoms with Crippen molar-refractivity contribution >= 4 is 35.5 Å². The second-order valence-electron chi connectivity index (χ2n) is 8.91. The van der Waals surface area contributed by atoms with Crippen LogP contribution in [0.4, 0.5) is 0 Å². The molecular formula is C31H26ClN5O2S. The van der Waals surface area contributed by atoms with Gasteiger partial charge in [-0.3, -0.25) is 9.36 Å². The molecule has 0 unspecified atom stereocenters. The molecule has 0 aliphatic carbocycles. The number of nitrogens with one attached hydrogen (secondary N) is 1. The SMILES string of the molecule is Cc1ccc(-c2nnc(SCC(=O)N/N=C\c3cccc(OCc4ccccc4)c3)n2-c2ccc(Cl)cc2)cc1. The molecule has 1 heterocycles. The van der Waals surface area contributed by atoms with Crippen molar-refractivity contribution in [2.24, 2.45) is 5.10 Å². The van der Waals surface area contributed by atoms with Crippen LogP contribution in [0.3, 0.4) is 0 Å². The van der Waals surface area contributed by atoms with Crippen molar-refractivity contribution in [2.75, 3.05) is 5.75 Å². The summed E-state index contributed by atoms with van der Waals surface area (Å²) in [6.07, 6.45) is 1.59. The third-order valence-corrected chi connectivity index (χ3v) is 7.05. The van der Waals surface area contributed by atoms with Gasteiger partial charge in [0.1, 0.15) is 12.4 Å². The first kappa shape index (κ1) is 27.2. The third kappa shape index (κ3) is 7.16. The van der Waals surface area contributed by atoms with Crippen LogP contribution in [0.2, 0.25) is 5.02 Å². The molecule has 0 aliphatic rings. The number of benzene rings is 4. The summed E-state index contributed by atoms with van der Waals surface area (Å²) in [5, 5.41) is 14.1. The van der Waals surface area contributed by atoms with E-state index in [9.17, 15) is 4.79 Å². The van der Waals surface area contributed by atoms with Crippen LogP contribution in [0.5, 0.6) is 5.75 Å². The van der Waals surface area contributed by atoms with Gasteiger partial charge in [0.05, 0.1) is 12.0 Å². The highest BCUT2D eigenvalue weighted by atomic mass is 35.5. The van der Waals surface area contributed by atoms with Gasteiger partial charge in [0.2, 0.25) is 0 Å². The van der Waals surface area contributed by atoms with Gasteiger partial charge in [-0.15, -0.1) is 10.2 Å². The number of hydrazone groups is 1. The van der Waals surface area contributed by atoms with Crippen LogP contribution in [0.1, 0.15) is 16.7 Å². The largest absolute Gasteiger partial charge is 0.489 e. The molecule has 1 amide bonds. The number of ether oxygens (including phenoxy) is 1. The van der Waals surface area contributed by atoms with E-state index in [-0.39, 0.29) is 11.7 Å². The zero-order chi connectivity index (χ0) is 27.7. The Morgan fingerprint density at radius 2 is 1.75 bits per heavy atom. The Hall–Kier alpha value is -4.40. The zero-order valence-electron chi connectivity index (χ0n) is 21.7. The second-order valence-corrected chi connectivity index (χ2v) is 10.3. The lowest BCUT2D eigenvalue weighted by atomic mass is 10.1. The normalized spacial score (nSPS) is 11.1. The van der Waals surface area contributed by atoms with Crippen LogP contribution in [-0.4, -0.2) is 32.6 Å². The molecule has 0 radical (unpaired) electrons. The summed E-state index contributed by atoms with van der Waals surface area (Å²) in [7, 11) is 0. The number of amides is 1. The van der Waals surface area contributed by atoms with Gasteiger partial charge in [0.25, 0.3) is 5.91 Å². The lowest BCUT2D eigenvalue weighted by molar-refractivity contribution is -0.118. The average molecular weight is 568 g/mol. The first-order chi connectivity index (χ1) is 19.5. The number of aromatic nitrogens is 3. The highest BCUT2D eigenvalue weighted by molar-refractivity contribution is 7.99. The predicted molar refractivity (Wildman–Crippen MR) is 160 cm³/mol. The molecule has 0 atom stereocenters. The van der Waals surface area contributed by atoms with Gasteiger partial charge in [-0.25, -0.2) is 5.43 Å². The van der Waals surface area contributed by atoms with E-state index in [1.807, 2.05) is 115 Å². The van der Waals surface area contributed by atoms with E-state index in [2.05, 4.69) is 20.7 Å². The molecule has 40 heavy (non-hydrogen) atoms. The summed E-state index contributed by atoms with van der Waals surface area (Å²) >= 11 is 7.39. The molecule has 4 aromatic carbocycles. The van der Waals surface area contributed by atoms with Crippen LogP contribution in [0, 0.1) is 6.92 Å². The predicted octanol–water partition coefficient (Wildman–Crippen LogP) is 6.72. The fraction of sp³-hybridized carbons (Fsp3) is 0.0968. The van der Waals surface area contributed by atoms with Gasteiger partial charge < -0.3 is 4.74 Å². The van der Waals surface area contributed by atoms with Crippen molar-refractivity contribution in [3.05, 3.63) is 125 Å². The standard InChI is InChI=1S/C31H26ClN5O2S/c1-22-10-12-25(13-11-22)30-35-36-31(37(30)27-16-14-26(32)15-17-27)40-21-29(38)34-33-19-24-8-5-9-28(18-24)39-20-23-6-3-2-4-7-23/h2-19H,20-21H2,1H3,(H,34,38)/b33-19-. The summed E-state index contributed by atoms with van der Waals surface area (Å²) in [6.45, 7) is 2.51. The maximum Gasteiger partial charge on any atom is 0.250 e. The Morgan fingerprint density at radius 3 is 2.52 bits per heavy atom. The van der Waals surface area contributed by atoms with E-state index in [0.29, 0.717) is 22.6 Å². The van der Waals surface area contributed by atoms with Crippen molar-refractivity contribution in [3.63, 3.8) is 0 Å². The molecule has 0 spiro atoms. The van der Waals surface area contributed by atoms with E-state index >= 15 is 0 Å². The first-order valence-electron chi connectivity index (χ1n) is 12.5. The molecule has 0 fully saturated rings. The maximum atomic E-state index is 12.6. The molecule has 0 saturated heterocycles. The van der Waals surface area contributed by atoms with Gasteiger partial charge in [-0.2, -0.15) is 5.10 Å². The van der Waals surface area contributed by atoms with Crippen molar-refractivity contribution in [1.82, 2.24) is 20.2 Å². The highest BCUT2D eigenvalue weighted by Crippen LogP contribution is 2.28. The number of hydrogen-bond acceptors (Lipinski definition) is 6. The van der Waals surface area contributed by atoms with Crippen LogP contribution < -0.4 is 10.2 Å². The molecule has 1 N–H and O–H groups in total. The van der Waals surface area contributed by atoms with Crippen molar-refractivity contribution in [3.8, 4) is 22.8 Å². The van der Waals surface area contributed by atoms with E-state index in [1.54, 1.807) is 6.21 Å². The van der Waals surface area contributed by atoms with Gasteiger partial charge in [-0.05, 0) is 54.4 Å². The summed E-state index contributed by atoms with van der Waals surface area (Å²) < 4.78 is 7.79. The Labute approximate surface area is 241 Å². The first-order valence-corrected chi connectivity index (χ1v) is 13.9. The van der Waals surface area contributed by atoms with E-state index in [1.165, 1.54) is 11.8 Å². The molecule has 0 bridgehead atoms. The van der Waals surface area contributed by atoms with E-state index in [4.69, 9.17) is 16.3 Å². The summed E-state index contributed by atoms with van der Waals surface area (Å²) in [5.74, 6) is 1.25. The number of hydrogen-bond donors (Lipinski definition) is 1. The van der Waals surface area contributed by atoms with Crippen LogP contribution >= 0.6 is 23.4 Å². The van der Waals surface area contributed by atoms with E-state index in [0.717, 1.165) is 33.7 Å². The van der Waals surface area contributed by atoms with Crippen molar-refractivity contribution in [1.29, 1.82) is 0 Å². The lowest BCUT2D eigenvalue weighted by Crippen LogP contribution is -2.20. The van der Waals surface area contributed by atoms with Crippen molar-refractivity contribution in [2.45, 2.75) is 18.7 Å². The minimum Gasteiger partial charge on any atom is -0.489 e.